The highest BCUT2D eigenvalue weighted by Gasteiger charge is 2.11. The summed E-state index contributed by atoms with van der Waals surface area (Å²) in [6, 6.07) is 8.63. The SMILES string of the molecule is CCN(c1ccc(C)cc1)c1ncc(CNCC(C)C)s1. The minimum absolute atomic E-state index is 0.678. The Morgan fingerprint density at radius 1 is 1.24 bits per heavy atom. The van der Waals surface area contributed by atoms with Gasteiger partial charge in [0.15, 0.2) is 5.13 Å². The molecule has 2 rings (SSSR count). The van der Waals surface area contributed by atoms with Gasteiger partial charge in [0.25, 0.3) is 0 Å². The average Bonchev–Trinajstić information content (AvgIpc) is 2.90. The third-order valence-corrected chi connectivity index (χ3v) is 4.31. The number of nitrogens with zero attached hydrogens (tertiary/aromatic N) is 2. The first-order valence-electron chi connectivity index (χ1n) is 7.59. The van der Waals surface area contributed by atoms with Crippen molar-refractivity contribution >= 4 is 22.2 Å². The maximum Gasteiger partial charge on any atom is 0.190 e. The van der Waals surface area contributed by atoms with Gasteiger partial charge in [-0.25, -0.2) is 4.98 Å². The van der Waals surface area contributed by atoms with E-state index in [0.717, 1.165) is 24.8 Å². The molecule has 0 aliphatic carbocycles. The molecule has 0 fully saturated rings. The number of thiazole rings is 1. The van der Waals surface area contributed by atoms with Crippen molar-refractivity contribution in [2.45, 2.75) is 34.2 Å². The van der Waals surface area contributed by atoms with Crippen LogP contribution in [0.1, 0.15) is 31.2 Å². The van der Waals surface area contributed by atoms with E-state index in [1.54, 1.807) is 11.3 Å². The van der Waals surface area contributed by atoms with Crippen LogP contribution in [-0.2, 0) is 6.54 Å². The summed E-state index contributed by atoms with van der Waals surface area (Å²) in [4.78, 5) is 8.14. The molecule has 0 bridgehead atoms. The standard InChI is InChI=1S/C17H25N3S/c1-5-20(15-8-6-14(4)7-9-15)17-19-12-16(21-17)11-18-10-13(2)3/h6-9,12-13,18H,5,10-11H2,1-4H3. The molecule has 0 unspecified atom stereocenters. The van der Waals surface area contributed by atoms with E-state index in [1.807, 2.05) is 6.20 Å². The number of anilines is 2. The lowest BCUT2D eigenvalue weighted by atomic mass is 10.2. The largest absolute Gasteiger partial charge is 0.318 e. The lowest BCUT2D eigenvalue weighted by Gasteiger charge is -2.20. The number of aryl methyl sites for hydroxylation is 1. The first-order valence-corrected chi connectivity index (χ1v) is 8.41. The van der Waals surface area contributed by atoms with Crippen molar-refractivity contribution in [3.8, 4) is 0 Å². The highest BCUT2D eigenvalue weighted by atomic mass is 32.1. The maximum absolute atomic E-state index is 4.59. The molecule has 0 saturated heterocycles. The van der Waals surface area contributed by atoms with Crippen molar-refractivity contribution in [1.82, 2.24) is 10.3 Å². The Hall–Kier alpha value is -1.39. The molecule has 0 saturated carbocycles. The van der Waals surface area contributed by atoms with Crippen molar-refractivity contribution in [2.24, 2.45) is 5.92 Å². The molecule has 1 heterocycles. The third-order valence-electron chi connectivity index (χ3n) is 3.29. The molecule has 1 N–H and O–H groups in total. The predicted molar refractivity (Wildman–Crippen MR) is 92.5 cm³/mol. The first-order chi connectivity index (χ1) is 10.1. The highest BCUT2D eigenvalue weighted by Crippen LogP contribution is 2.29. The summed E-state index contributed by atoms with van der Waals surface area (Å²) in [5, 5.41) is 4.54. The molecule has 2 aromatic rings. The zero-order valence-corrected chi connectivity index (χ0v) is 14.2. The van der Waals surface area contributed by atoms with Crippen LogP contribution in [0.2, 0.25) is 0 Å². The Labute approximate surface area is 132 Å². The van der Waals surface area contributed by atoms with E-state index in [1.165, 1.54) is 16.1 Å². The smallest absolute Gasteiger partial charge is 0.190 e. The van der Waals surface area contributed by atoms with Crippen molar-refractivity contribution in [1.29, 1.82) is 0 Å². The third kappa shape index (κ3) is 4.55. The minimum Gasteiger partial charge on any atom is -0.318 e. The van der Waals surface area contributed by atoms with Gasteiger partial charge in [-0.15, -0.1) is 11.3 Å². The molecule has 4 heteroatoms. The summed E-state index contributed by atoms with van der Waals surface area (Å²) >= 11 is 1.77. The summed E-state index contributed by atoms with van der Waals surface area (Å²) in [6.45, 7) is 11.6. The van der Waals surface area contributed by atoms with Gasteiger partial charge in [0, 0.05) is 29.9 Å². The van der Waals surface area contributed by atoms with Gasteiger partial charge in [-0.05, 0) is 38.4 Å². The molecule has 0 amide bonds. The predicted octanol–water partition coefficient (Wildman–Crippen LogP) is 4.36. The summed E-state index contributed by atoms with van der Waals surface area (Å²) in [5.74, 6) is 0.678. The van der Waals surface area contributed by atoms with Crippen LogP contribution in [0.25, 0.3) is 0 Å². The van der Waals surface area contributed by atoms with Crippen LogP contribution in [0.4, 0.5) is 10.8 Å². The van der Waals surface area contributed by atoms with Crippen LogP contribution in [0, 0.1) is 12.8 Å². The lowest BCUT2D eigenvalue weighted by Crippen LogP contribution is -2.18. The average molecular weight is 303 g/mol. The zero-order chi connectivity index (χ0) is 15.2. The monoisotopic (exact) mass is 303 g/mol. The normalized spacial score (nSPS) is 11.1. The quantitative estimate of drug-likeness (QED) is 0.824. The van der Waals surface area contributed by atoms with Gasteiger partial charge in [-0.1, -0.05) is 31.5 Å². The molecule has 0 spiro atoms. The van der Waals surface area contributed by atoms with E-state index in [9.17, 15) is 0 Å². The highest BCUT2D eigenvalue weighted by molar-refractivity contribution is 7.15. The van der Waals surface area contributed by atoms with E-state index in [2.05, 4.69) is 67.2 Å². The van der Waals surface area contributed by atoms with E-state index in [0.29, 0.717) is 5.92 Å². The minimum atomic E-state index is 0.678. The lowest BCUT2D eigenvalue weighted by molar-refractivity contribution is 0.554. The number of aromatic nitrogens is 1. The second kappa shape index (κ2) is 7.57. The number of rotatable bonds is 7. The van der Waals surface area contributed by atoms with Gasteiger partial charge in [-0.3, -0.25) is 0 Å². The number of hydrogen-bond acceptors (Lipinski definition) is 4. The molecule has 0 radical (unpaired) electrons. The number of hydrogen-bond donors (Lipinski definition) is 1. The van der Waals surface area contributed by atoms with Gasteiger partial charge in [-0.2, -0.15) is 0 Å². The summed E-state index contributed by atoms with van der Waals surface area (Å²) in [5.41, 5.74) is 2.49. The molecule has 3 nitrogen and oxygen atoms in total. The number of nitrogens with one attached hydrogen (secondary N) is 1. The van der Waals surface area contributed by atoms with Crippen LogP contribution in [0.5, 0.6) is 0 Å². The Morgan fingerprint density at radius 2 is 1.95 bits per heavy atom. The van der Waals surface area contributed by atoms with Crippen molar-refractivity contribution < 1.29 is 0 Å². The van der Waals surface area contributed by atoms with Crippen LogP contribution in [-0.4, -0.2) is 18.1 Å². The van der Waals surface area contributed by atoms with E-state index < -0.39 is 0 Å². The van der Waals surface area contributed by atoms with Crippen molar-refractivity contribution in [3.05, 3.63) is 40.9 Å². The van der Waals surface area contributed by atoms with E-state index in [4.69, 9.17) is 0 Å². The van der Waals surface area contributed by atoms with Crippen LogP contribution in [0.15, 0.2) is 30.5 Å². The van der Waals surface area contributed by atoms with Crippen LogP contribution >= 0.6 is 11.3 Å². The Balaban J connectivity index is 2.05. The van der Waals surface area contributed by atoms with Gasteiger partial charge >= 0.3 is 0 Å². The van der Waals surface area contributed by atoms with Crippen molar-refractivity contribution in [2.75, 3.05) is 18.0 Å². The molecule has 1 aromatic heterocycles. The Kier molecular flexibility index (Phi) is 5.76. The summed E-state index contributed by atoms with van der Waals surface area (Å²) < 4.78 is 0. The maximum atomic E-state index is 4.59. The van der Waals surface area contributed by atoms with Gasteiger partial charge in [0.1, 0.15) is 0 Å². The zero-order valence-electron chi connectivity index (χ0n) is 13.4. The van der Waals surface area contributed by atoms with Crippen LogP contribution in [0.3, 0.4) is 0 Å². The Bertz CT molecular complexity index is 545. The van der Waals surface area contributed by atoms with E-state index in [-0.39, 0.29) is 0 Å². The van der Waals surface area contributed by atoms with Crippen molar-refractivity contribution in [3.63, 3.8) is 0 Å². The molecular weight excluding hydrogens is 278 g/mol. The molecule has 21 heavy (non-hydrogen) atoms. The molecule has 0 aliphatic heterocycles. The molecular formula is C17H25N3S. The molecule has 1 aromatic carbocycles. The second-order valence-corrected chi connectivity index (χ2v) is 6.81. The number of benzene rings is 1. The van der Waals surface area contributed by atoms with Gasteiger partial charge in [0.05, 0.1) is 0 Å². The first kappa shape index (κ1) is 16.0. The van der Waals surface area contributed by atoms with Gasteiger partial charge in [0.2, 0.25) is 0 Å². The molecule has 114 valence electrons. The molecule has 0 aliphatic rings. The fourth-order valence-electron chi connectivity index (χ4n) is 2.14. The summed E-state index contributed by atoms with van der Waals surface area (Å²) in [6.07, 6.45) is 1.99. The second-order valence-electron chi connectivity index (χ2n) is 5.71. The van der Waals surface area contributed by atoms with Crippen LogP contribution < -0.4 is 10.2 Å². The van der Waals surface area contributed by atoms with Gasteiger partial charge < -0.3 is 10.2 Å². The van der Waals surface area contributed by atoms with E-state index >= 15 is 0 Å². The summed E-state index contributed by atoms with van der Waals surface area (Å²) in [7, 11) is 0. The Morgan fingerprint density at radius 3 is 2.57 bits per heavy atom. The fraction of sp³-hybridized carbons (Fsp3) is 0.471. The molecule has 0 atom stereocenters. The fourth-order valence-corrected chi connectivity index (χ4v) is 3.10. The topological polar surface area (TPSA) is 28.2 Å².